The molecule has 1 N–H and O–H groups in total. The van der Waals surface area contributed by atoms with Crippen LogP contribution in [0.5, 0.6) is 0 Å². The van der Waals surface area contributed by atoms with Crippen LogP contribution in [-0.4, -0.2) is 35.9 Å². The lowest BCUT2D eigenvalue weighted by molar-refractivity contribution is -0.134. The molecule has 0 radical (unpaired) electrons. The van der Waals surface area contributed by atoms with Crippen LogP contribution in [0.15, 0.2) is 72.3 Å². The van der Waals surface area contributed by atoms with Gasteiger partial charge in [0.15, 0.2) is 0 Å². The van der Waals surface area contributed by atoms with Gasteiger partial charge in [-0.3, -0.25) is 0 Å². The standard InChI is InChI=1S/C41H54O5/c1-27(26-45-38(43)29-14-7-5-8-15-29)12-11-13-28(2)35-25-36(42)37-33-19-18-31-24-32(46-39(44)30-16-9-6-10-17-30)20-22-40(31,3)34(33)21-23-41(35,37)4/h5-10,14-17,25,27-28,31-34,36-37,42H,11-13,18-24,26H2,1-4H3/t27-,28-,31+,32-,33-,34+,36+,37-,40+,41-/m1/s1. The van der Waals surface area contributed by atoms with Crippen LogP contribution in [-0.2, 0) is 9.47 Å². The molecule has 2 aromatic carbocycles. The highest BCUT2D eigenvalue weighted by molar-refractivity contribution is 5.89. The Kier molecular flexibility index (Phi) is 9.80. The maximum Gasteiger partial charge on any atom is 0.338 e. The van der Waals surface area contributed by atoms with E-state index < -0.39 is 0 Å². The number of aliphatic hydroxyl groups is 1. The summed E-state index contributed by atoms with van der Waals surface area (Å²) in [5.41, 5.74) is 3.02. The van der Waals surface area contributed by atoms with Crippen molar-refractivity contribution < 1.29 is 24.2 Å². The summed E-state index contributed by atoms with van der Waals surface area (Å²) in [6, 6.07) is 18.6. The average molecular weight is 627 g/mol. The van der Waals surface area contributed by atoms with Crippen molar-refractivity contribution in [1.29, 1.82) is 0 Å². The molecule has 2 aromatic rings. The molecular formula is C41H54O5. The Balaban J connectivity index is 1.02. The Morgan fingerprint density at radius 3 is 2.24 bits per heavy atom. The summed E-state index contributed by atoms with van der Waals surface area (Å²) in [7, 11) is 0. The first-order chi connectivity index (χ1) is 22.1. The smallest absolute Gasteiger partial charge is 0.338 e. The molecule has 0 bridgehead atoms. The number of carbonyl (C=O) groups excluding carboxylic acids is 2. The van der Waals surface area contributed by atoms with E-state index in [0.717, 1.165) is 57.8 Å². The van der Waals surface area contributed by atoms with Crippen LogP contribution in [0.2, 0.25) is 0 Å². The zero-order valence-corrected chi connectivity index (χ0v) is 28.3. The van der Waals surface area contributed by atoms with Crippen molar-refractivity contribution in [3.05, 3.63) is 83.4 Å². The molecule has 5 heteroatoms. The normalized spacial score (nSPS) is 34.7. The van der Waals surface area contributed by atoms with Crippen molar-refractivity contribution in [2.45, 2.75) is 104 Å². The third-order valence-corrected chi connectivity index (χ3v) is 12.9. The summed E-state index contributed by atoms with van der Waals surface area (Å²) in [5.74, 6) is 2.33. The molecule has 4 aliphatic carbocycles. The van der Waals surface area contributed by atoms with E-state index in [2.05, 4.69) is 33.8 Å². The second-order valence-corrected chi connectivity index (χ2v) is 15.7. The molecule has 3 saturated carbocycles. The first-order valence-electron chi connectivity index (χ1n) is 18.0. The number of hydrogen-bond donors (Lipinski definition) is 1. The fourth-order valence-corrected chi connectivity index (χ4v) is 10.4. The van der Waals surface area contributed by atoms with Gasteiger partial charge in [0.1, 0.15) is 6.10 Å². The number of rotatable bonds is 10. The van der Waals surface area contributed by atoms with Gasteiger partial charge in [-0.1, -0.05) is 82.2 Å². The molecule has 0 aromatic heterocycles. The third kappa shape index (κ3) is 6.46. The highest BCUT2D eigenvalue weighted by Crippen LogP contribution is 2.67. The molecule has 10 atom stereocenters. The summed E-state index contributed by atoms with van der Waals surface area (Å²) in [6.07, 6.45) is 12.8. The number of allylic oxidation sites excluding steroid dienone is 1. The molecular weight excluding hydrogens is 572 g/mol. The summed E-state index contributed by atoms with van der Waals surface area (Å²) in [5, 5.41) is 11.6. The van der Waals surface area contributed by atoms with Gasteiger partial charge in [0.05, 0.1) is 23.8 Å². The Bertz CT molecular complexity index is 1390. The third-order valence-electron chi connectivity index (χ3n) is 12.9. The highest BCUT2D eigenvalue weighted by atomic mass is 16.5. The number of fused-ring (bicyclic) bond motifs is 5. The molecule has 0 aliphatic heterocycles. The Labute approximate surface area is 276 Å². The topological polar surface area (TPSA) is 72.8 Å². The maximum atomic E-state index is 12.8. The zero-order valence-electron chi connectivity index (χ0n) is 28.3. The molecule has 3 fully saturated rings. The highest BCUT2D eigenvalue weighted by Gasteiger charge is 2.61. The van der Waals surface area contributed by atoms with Gasteiger partial charge in [0.25, 0.3) is 0 Å². The predicted octanol–water partition coefficient (Wildman–Crippen LogP) is 9.06. The molecule has 4 aliphatic rings. The van der Waals surface area contributed by atoms with Crippen molar-refractivity contribution in [3.8, 4) is 0 Å². The number of carbonyl (C=O) groups is 2. The SMILES string of the molecule is C[C@H](CCC[C@@H](C)C1=C[C@H](O)[C@H]2[C@@H]3CC[C@H]4C[C@H](OC(=O)c5ccccc5)CC[C@]4(C)[C@H]3CC[C@]12C)COC(=O)c1ccccc1. The van der Waals surface area contributed by atoms with Crippen LogP contribution in [0.3, 0.4) is 0 Å². The summed E-state index contributed by atoms with van der Waals surface area (Å²) >= 11 is 0. The lowest BCUT2D eigenvalue weighted by atomic mass is 9.44. The fourth-order valence-electron chi connectivity index (χ4n) is 10.4. The molecule has 6 rings (SSSR count). The predicted molar refractivity (Wildman–Crippen MR) is 181 cm³/mol. The zero-order chi connectivity index (χ0) is 32.5. The molecule has 0 heterocycles. The minimum atomic E-state index is -0.366. The van der Waals surface area contributed by atoms with Crippen molar-refractivity contribution in [1.82, 2.24) is 0 Å². The lowest BCUT2D eigenvalue weighted by Crippen LogP contribution is -2.55. The summed E-state index contributed by atoms with van der Waals surface area (Å²) in [4.78, 5) is 25.1. The van der Waals surface area contributed by atoms with Gasteiger partial charge in [-0.15, -0.1) is 0 Å². The molecule has 0 unspecified atom stereocenters. The van der Waals surface area contributed by atoms with Gasteiger partial charge in [-0.05, 0) is 122 Å². The number of esters is 2. The van der Waals surface area contributed by atoms with Crippen LogP contribution in [0, 0.1) is 46.3 Å². The Hall–Kier alpha value is -2.92. The fraction of sp³-hybridized carbons (Fsp3) is 0.610. The monoisotopic (exact) mass is 626 g/mol. The van der Waals surface area contributed by atoms with Crippen LogP contribution >= 0.6 is 0 Å². The quantitative estimate of drug-likeness (QED) is 0.210. The molecule has 5 nitrogen and oxygen atoms in total. The minimum Gasteiger partial charge on any atom is -0.462 e. The average Bonchev–Trinajstić information content (AvgIpc) is 3.34. The molecule has 0 amide bonds. The van der Waals surface area contributed by atoms with E-state index in [-0.39, 0.29) is 35.0 Å². The first kappa shape index (κ1) is 33.0. The van der Waals surface area contributed by atoms with Gasteiger partial charge in [-0.25, -0.2) is 9.59 Å². The molecule has 0 spiro atoms. The van der Waals surface area contributed by atoms with E-state index in [9.17, 15) is 14.7 Å². The number of benzene rings is 2. The largest absolute Gasteiger partial charge is 0.462 e. The van der Waals surface area contributed by atoms with Gasteiger partial charge in [-0.2, -0.15) is 0 Å². The van der Waals surface area contributed by atoms with Gasteiger partial charge in [0, 0.05) is 5.92 Å². The Morgan fingerprint density at radius 2 is 1.54 bits per heavy atom. The lowest BCUT2D eigenvalue weighted by Gasteiger charge is -2.61. The first-order valence-corrected chi connectivity index (χ1v) is 18.0. The van der Waals surface area contributed by atoms with Crippen LogP contribution in [0.25, 0.3) is 0 Å². The van der Waals surface area contributed by atoms with Crippen molar-refractivity contribution in [2.75, 3.05) is 6.61 Å². The van der Waals surface area contributed by atoms with E-state index in [1.54, 1.807) is 12.1 Å². The number of ether oxygens (including phenoxy) is 2. The van der Waals surface area contributed by atoms with Crippen molar-refractivity contribution >= 4 is 11.9 Å². The van der Waals surface area contributed by atoms with Crippen LogP contribution < -0.4 is 0 Å². The van der Waals surface area contributed by atoms with Crippen molar-refractivity contribution in [2.24, 2.45) is 46.3 Å². The maximum absolute atomic E-state index is 12.8. The molecule has 46 heavy (non-hydrogen) atoms. The van der Waals surface area contributed by atoms with Gasteiger partial charge < -0.3 is 14.6 Å². The second kappa shape index (κ2) is 13.7. The molecule has 0 saturated heterocycles. The number of aliphatic hydroxyl groups excluding tert-OH is 1. The van der Waals surface area contributed by atoms with E-state index >= 15 is 0 Å². The van der Waals surface area contributed by atoms with E-state index in [1.807, 2.05) is 48.5 Å². The van der Waals surface area contributed by atoms with Crippen LogP contribution in [0.1, 0.15) is 113 Å². The summed E-state index contributed by atoms with van der Waals surface area (Å²) in [6.45, 7) is 9.93. The second-order valence-electron chi connectivity index (χ2n) is 15.7. The van der Waals surface area contributed by atoms with Crippen LogP contribution in [0.4, 0.5) is 0 Å². The van der Waals surface area contributed by atoms with Crippen molar-refractivity contribution in [3.63, 3.8) is 0 Å². The van der Waals surface area contributed by atoms with E-state index in [4.69, 9.17) is 9.47 Å². The summed E-state index contributed by atoms with van der Waals surface area (Å²) < 4.78 is 11.6. The Morgan fingerprint density at radius 1 is 0.870 bits per heavy atom. The van der Waals surface area contributed by atoms with E-state index in [0.29, 0.717) is 53.2 Å². The van der Waals surface area contributed by atoms with E-state index in [1.165, 1.54) is 12.0 Å². The van der Waals surface area contributed by atoms with Gasteiger partial charge in [0.2, 0.25) is 0 Å². The minimum absolute atomic E-state index is 0.000934. The molecule has 248 valence electrons. The van der Waals surface area contributed by atoms with Gasteiger partial charge >= 0.3 is 11.9 Å². The number of hydrogen-bond acceptors (Lipinski definition) is 5.